The number of thiol groups is 1. The van der Waals surface area contributed by atoms with Crippen LogP contribution in [0.1, 0.15) is 58.3 Å². The lowest BCUT2D eigenvalue weighted by Gasteiger charge is -2.07. The lowest BCUT2D eigenvalue weighted by atomic mass is 10.1. The highest BCUT2D eigenvalue weighted by atomic mass is 32.2. The Bertz CT molecular complexity index is 197. The molecule has 0 N–H and O–H groups in total. The highest BCUT2D eigenvalue weighted by Crippen LogP contribution is 2.08. The van der Waals surface area contributed by atoms with Gasteiger partial charge in [0.1, 0.15) is 0 Å². The molecule has 0 aliphatic heterocycles. The van der Waals surface area contributed by atoms with Crippen molar-refractivity contribution in [3.8, 4) is 0 Å². The van der Waals surface area contributed by atoms with Crippen molar-refractivity contribution in [3.63, 3.8) is 0 Å². The Morgan fingerprint density at radius 2 is 1.33 bits per heavy atom. The second kappa shape index (κ2) is 10.4. The van der Waals surface area contributed by atoms with Crippen molar-refractivity contribution in [2.24, 2.45) is 0 Å². The van der Waals surface area contributed by atoms with E-state index in [-0.39, 0.29) is 0 Å². The summed E-state index contributed by atoms with van der Waals surface area (Å²) in [5.41, 5.74) is 0. The summed E-state index contributed by atoms with van der Waals surface area (Å²) < 4.78 is 22.4. The van der Waals surface area contributed by atoms with E-state index in [4.69, 9.17) is 0 Å². The SMILES string of the molecule is CCCCCCCCCCN(C)[SH](=O)=O. The second-order valence-electron chi connectivity index (χ2n) is 4.09. The van der Waals surface area contributed by atoms with Gasteiger partial charge in [-0.05, 0) is 6.42 Å². The van der Waals surface area contributed by atoms with E-state index in [0.29, 0.717) is 6.54 Å². The number of nitrogens with zero attached hydrogens (tertiary/aromatic N) is 1. The molecule has 0 rings (SSSR count). The van der Waals surface area contributed by atoms with Crippen molar-refractivity contribution < 1.29 is 8.42 Å². The maximum absolute atomic E-state index is 10.5. The molecule has 0 bridgehead atoms. The Morgan fingerprint density at radius 1 is 0.867 bits per heavy atom. The third-order valence-electron chi connectivity index (χ3n) is 2.61. The number of hydrogen-bond acceptors (Lipinski definition) is 2. The molecule has 92 valence electrons. The molecule has 0 atom stereocenters. The molecule has 0 aromatic heterocycles. The predicted octanol–water partition coefficient (Wildman–Crippen LogP) is 2.59. The van der Waals surface area contributed by atoms with Crippen LogP contribution in [0.25, 0.3) is 0 Å². The first-order valence-electron chi connectivity index (χ1n) is 6.04. The van der Waals surface area contributed by atoms with Crippen LogP contribution in [0.15, 0.2) is 0 Å². The zero-order chi connectivity index (χ0) is 11.5. The first-order chi connectivity index (χ1) is 7.18. The fourth-order valence-electron chi connectivity index (χ4n) is 1.56. The number of hydrogen-bond donors (Lipinski definition) is 1. The van der Waals surface area contributed by atoms with Crippen LogP contribution < -0.4 is 0 Å². The van der Waals surface area contributed by atoms with Gasteiger partial charge in [0, 0.05) is 13.6 Å². The largest absolute Gasteiger partial charge is 0.215 e. The quantitative estimate of drug-likeness (QED) is 0.467. The highest BCUT2D eigenvalue weighted by molar-refractivity contribution is 7.69. The van der Waals surface area contributed by atoms with E-state index < -0.39 is 10.9 Å². The van der Waals surface area contributed by atoms with E-state index in [1.54, 1.807) is 7.05 Å². The van der Waals surface area contributed by atoms with Gasteiger partial charge in [-0.1, -0.05) is 51.9 Å². The fourth-order valence-corrected chi connectivity index (χ4v) is 1.86. The van der Waals surface area contributed by atoms with Gasteiger partial charge in [0.15, 0.2) is 0 Å². The van der Waals surface area contributed by atoms with Gasteiger partial charge < -0.3 is 0 Å². The Balaban J connectivity index is 3.11. The molecule has 0 saturated carbocycles. The van der Waals surface area contributed by atoms with Crippen molar-refractivity contribution in [1.82, 2.24) is 4.31 Å². The molecule has 0 unspecified atom stereocenters. The topological polar surface area (TPSA) is 37.4 Å². The molecule has 0 aromatic rings. The molecule has 15 heavy (non-hydrogen) atoms. The van der Waals surface area contributed by atoms with E-state index in [0.717, 1.165) is 12.8 Å². The minimum Gasteiger partial charge on any atom is -0.215 e. The smallest absolute Gasteiger partial charge is 0.203 e. The highest BCUT2D eigenvalue weighted by Gasteiger charge is 1.98. The van der Waals surface area contributed by atoms with Crippen LogP contribution in [-0.4, -0.2) is 26.3 Å². The van der Waals surface area contributed by atoms with Gasteiger partial charge in [-0.3, -0.25) is 0 Å². The average molecular weight is 235 g/mol. The molecular formula is C11H25NO2S. The summed E-state index contributed by atoms with van der Waals surface area (Å²) in [4.78, 5) is 0. The second-order valence-corrected chi connectivity index (χ2v) is 5.25. The number of unbranched alkanes of at least 4 members (excludes halogenated alkanes) is 7. The fraction of sp³-hybridized carbons (Fsp3) is 1.00. The number of rotatable bonds is 10. The normalized spacial score (nSPS) is 11.5. The summed E-state index contributed by atoms with van der Waals surface area (Å²) in [5.74, 6) is 0. The summed E-state index contributed by atoms with van der Waals surface area (Å²) in [6, 6.07) is 0. The first kappa shape index (κ1) is 14.9. The van der Waals surface area contributed by atoms with Crippen LogP contribution in [0.4, 0.5) is 0 Å². The Kier molecular flexibility index (Phi) is 10.4. The lowest BCUT2D eigenvalue weighted by molar-refractivity contribution is 0.462. The summed E-state index contributed by atoms with van der Waals surface area (Å²) in [7, 11) is -0.729. The zero-order valence-corrected chi connectivity index (χ0v) is 11.0. The minimum atomic E-state index is -2.36. The molecule has 0 aliphatic carbocycles. The molecular weight excluding hydrogens is 210 g/mol. The monoisotopic (exact) mass is 235 g/mol. The Labute approximate surface area is 95.9 Å². The summed E-state index contributed by atoms with van der Waals surface area (Å²) >= 11 is 0. The van der Waals surface area contributed by atoms with Gasteiger partial charge in [0.25, 0.3) is 0 Å². The maximum Gasteiger partial charge on any atom is 0.203 e. The van der Waals surface area contributed by atoms with Crippen molar-refractivity contribution in [1.29, 1.82) is 0 Å². The lowest BCUT2D eigenvalue weighted by Crippen LogP contribution is -2.17. The standard InChI is InChI=1S/C11H25NO2S/c1-3-4-5-6-7-8-9-10-11-12(2)15(13)14/h15H,3-11H2,1-2H3. The Hall–Kier alpha value is -0.0900. The van der Waals surface area contributed by atoms with Gasteiger partial charge in [0.2, 0.25) is 10.9 Å². The molecule has 0 fully saturated rings. The zero-order valence-electron chi connectivity index (χ0n) is 10.1. The molecule has 4 heteroatoms. The van der Waals surface area contributed by atoms with Gasteiger partial charge in [-0.25, -0.2) is 12.7 Å². The molecule has 0 saturated heterocycles. The van der Waals surface area contributed by atoms with Crippen molar-refractivity contribution in [2.45, 2.75) is 58.3 Å². The molecule has 0 heterocycles. The van der Waals surface area contributed by atoms with Gasteiger partial charge in [-0.2, -0.15) is 0 Å². The van der Waals surface area contributed by atoms with Crippen molar-refractivity contribution in [2.75, 3.05) is 13.6 Å². The van der Waals surface area contributed by atoms with E-state index in [1.807, 2.05) is 0 Å². The first-order valence-corrected chi connectivity index (χ1v) is 7.17. The van der Waals surface area contributed by atoms with Crippen LogP contribution in [0.5, 0.6) is 0 Å². The third-order valence-corrected chi connectivity index (χ3v) is 3.37. The van der Waals surface area contributed by atoms with Gasteiger partial charge in [-0.15, -0.1) is 0 Å². The van der Waals surface area contributed by atoms with Gasteiger partial charge in [0.05, 0.1) is 0 Å². The van der Waals surface area contributed by atoms with Crippen molar-refractivity contribution >= 4 is 10.9 Å². The molecule has 3 nitrogen and oxygen atoms in total. The molecule has 0 amide bonds. The predicted molar refractivity (Wildman–Crippen MR) is 65.6 cm³/mol. The van der Waals surface area contributed by atoms with E-state index in [2.05, 4.69) is 6.92 Å². The Morgan fingerprint density at radius 3 is 1.80 bits per heavy atom. The molecule has 0 spiro atoms. The van der Waals surface area contributed by atoms with Crippen LogP contribution in [-0.2, 0) is 10.9 Å². The van der Waals surface area contributed by atoms with Crippen LogP contribution in [0.3, 0.4) is 0 Å². The maximum atomic E-state index is 10.5. The summed E-state index contributed by atoms with van der Waals surface area (Å²) in [6.45, 7) is 2.90. The van der Waals surface area contributed by atoms with Crippen molar-refractivity contribution in [3.05, 3.63) is 0 Å². The molecule has 0 aliphatic rings. The van der Waals surface area contributed by atoms with Crippen LogP contribution >= 0.6 is 0 Å². The molecule has 0 aromatic carbocycles. The van der Waals surface area contributed by atoms with Crippen LogP contribution in [0.2, 0.25) is 0 Å². The summed E-state index contributed by atoms with van der Waals surface area (Å²) in [5, 5.41) is 0. The van der Waals surface area contributed by atoms with Gasteiger partial charge >= 0.3 is 0 Å². The van der Waals surface area contributed by atoms with Crippen LogP contribution in [0, 0.1) is 0 Å². The van der Waals surface area contributed by atoms with E-state index >= 15 is 0 Å². The van der Waals surface area contributed by atoms with E-state index in [1.165, 1.54) is 42.8 Å². The molecule has 0 radical (unpaired) electrons. The average Bonchev–Trinajstić information content (AvgIpc) is 2.21. The minimum absolute atomic E-state index is 0.674. The summed E-state index contributed by atoms with van der Waals surface area (Å²) in [6.07, 6.45) is 10.0. The van der Waals surface area contributed by atoms with E-state index in [9.17, 15) is 8.42 Å². The third kappa shape index (κ3) is 10.2.